The highest BCUT2D eigenvalue weighted by Crippen LogP contribution is 2.48. The van der Waals surface area contributed by atoms with Crippen LogP contribution in [0.4, 0.5) is 0 Å². The predicted octanol–water partition coefficient (Wildman–Crippen LogP) is 4.00. The van der Waals surface area contributed by atoms with Crippen LogP contribution in [0, 0.1) is 5.41 Å². The molecule has 3 fully saturated rings. The Bertz CT molecular complexity index is 553. The Hall–Kier alpha value is -0.780. The average Bonchev–Trinajstić information content (AvgIpc) is 3.12. The third-order valence-corrected chi connectivity index (χ3v) is 5.79. The summed E-state index contributed by atoms with van der Waals surface area (Å²) in [6, 6.07) is 11.5. The van der Waals surface area contributed by atoms with Crippen molar-refractivity contribution in [1.29, 1.82) is 0 Å². The molecule has 0 amide bonds. The maximum atomic E-state index is 4.77. The molecule has 0 bridgehead atoms. The highest BCUT2D eigenvalue weighted by Gasteiger charge is 2.45. The van der Waals surface area contributed by atoms with Gasteiger partial charge in [-0.05, 0) is 43.6 Å². The second-order valence-corrected chi connectivity index (χ2v) is 7.33. The zero-order valence-corrected chi connectivity index (χ0v) is 16.3. The first-order chi connectivity index (χ1) is 10.8. The second kappa shape index (κ2) is 6.99. The third-order valence-electron chi connectivity index (χ3n) is 5.79. The van der Waals surface area contributed by atoms with Crippen LogP contribution in [-0.4, -0.2) is 36.5 Å². The topological polar surface area (TPSA) is 27.6 Å². The predicted molar refractivity (Wildman–Crippen MR) is 107 cm³/mol. The molecule has 1 saturated heterocycles. The molecule has 1 N–H and O–H groups in total. The first-order valence-electron chi connectivity index (χ1n) is 8.91. The number of benzene rings is 1. The van der Waals surface area contributed by atoms with Gasteiger partial charge in [-0.2, -0.15) is 0 Å². The molecule has 1 aromatic carbocycles. The van der Waals surface area contributed by atoms with Gasteiger partial charge in [-0.3, -0.25) is 4.99 Å². The molecular formula is C19H28IN3. The van der Waals surface area contributed by atoms with Crippen molar-refractivity contribution in [3.63, 3.8) is 0 Å². The van der Waals surface area contributed by atoms with Crippen LogP contribution in [0.5, 0.6) is 0 Å². The Morgan fingerprint density at radius 3 is 2.65 bits per heavy atom. The van der Waals surface area contributed by atoms with Crippen LogP contribution in [0.15, 0.2) is 35.3 Å². The van der Waals surface area contributed by atoms with Crippen LogP contribution in [0.25, 0.3) is 0 Å². The van der Waals surface area contributed by atoms with E-state index in [4.69, 9.17) is 4.99 Å². The van der Waals surface area contributed by atoms with E-state index in [0.29, 0.717) is 17.4 Å². The van der Waals surface area contributed by atoms with Gasteiger partial charge in [0, 0.05) is 31.6 Å². The summed E-state index contributed by atoms with van der Waals surface area (Å²) in [4.78, 5) is 7.29. The van der Waals surface area contributed by atoms with Gasteiger partial charge in [0.05, 0.1) is 0 Å². The number of nitrogens with zero attached hydrogens (tertiary/aromatic N) is 2. The van der Waals surface area contributed by atoms with E-state index in [1.807, 2.05) is 0 Å². The maximum Gasteiger partial charge on any atom is 0.194 e. The highest BCUT2D eigenvalue weighted by molar-refractivity contribution is 14.0. The third kappa shape index (κ3) is 3.52. The molecule has 1 spiro atoms. The molecule has 1 aliphatic heterocycles. The smallest absolute Gasteiger partial charge is 0.194 e. The van der Waals surface area contributed by atoms with E-state index >= 15 is 0 Å². The van der Waals surface area contributed by atoms with Crippen molar-refractivity contribution in [2.75, 3.05) is 19.6 Å². The molecule has 4 rings (SSSR count). The van der Waals surface area contributed by atoms with Crippen molar-refractivity contribution in [1.82, 2.24) is 10.2 Å². The first-order valence-corrected chi connectivity index (χ1v) is 8.91. The fourth-order valence-electron chi connectivity index (χ4n) is 4.18. The van der Waals surface area contributed by atoms with Gasteiger partial charge in [0.15, 0.2) is 5.96 Å². The van der Waals surface area contributed by atoms with E-state index in [9.17, 15) is 0 Å². The number of guanidine groups is 1. The first kappa shape index (κ1) is 17.1. The van der Waals surface area contributed by atoms with E-state index in [1.165, 1.54) is 50.8 Å². The Morgan fingerprint density at radius 2 is 2.04 bits per heavy atom. The summed E-state index contributed by atoms with van der Waals surface area (Å²) in [5.74, 6) is 1.83. The van der Waals surface area contributed by atoms with E-state index in [2.05, 4.69) is 47.5 Å². The molecule has 0 aromatic heterocycles. The molecule has 23 heavy (non-hydrogen) atoms. The Balaban J connectivity index is 0.00000156. The van der Waals surface area contributed by atoms with E-state index in [1.54, 1.807) is 0 Å². The number of hydrogen-bond donors (Lipinski definition) is 1. The molecule has 1 heterocycles. The monoisotopic (exact) mass is 425 g/mol. The lowest BCUT2D eigenvalue weighted by atomic mass is 9.68. The Labute approximate surface area is 157 Å². The number of halogens is 1. The van der Waals surface area contributed by atoms with Gasteiger partial charge < -0.3 is 10.2 Å². The minimum atomic E-state index is 0. The molecule has 2 unspecified atom stereocenters. The van der Waals surface area contributed by atoms with E-state index in [0.717, 1.165) is 12.5 Å². The lowest BCUT2D eigenvalue weighted by Crippen LogP contribution is -2.43. The Morgan fingerprint density at radius 1 is 1.26 bits per heavy atom. The number of nitrogens with one attached hydrogen (secondary N) is 1. The lowest BCUT2D eigenvalue weighted by molar-refractivity contribution is 0.151. The molecule has 3 nitrogen and oxygen atoms in total. The molecule has 126 valence electrons. The second-order valence-electron chi connectivity index (χ2n) is 7.33. The van der Waals surface area contributed by atoms with E-state index in [-0.39, 0.29) is 24.0 Å². The minimum absolute atomic E-state index is 0. The summed E-state index contributed by atoms with van der Waals surface area (Å²) in [7, 11) is 0. The van der Waals surface area contributed by atoms with Gasteiger partial charge in [-0.25, -0.2) is 0 Å². The zero-order valence-electron chi connectivity index (χ0n) is 14.0. The number of hydrogen-bond acceptors (Lipinski definition) is 1. The standard InChI is InChI=1S/C19H27N3.HI/c1-2-20-18(22-12-11-19(14-22)9-6-10-19)21-17-13-16(17)15-7-4-3-5-8-15;/h3-5,7-8,16-17H,2,6,9-14H2,1H3,(H,20,21);1H. The Kier molecular flexibility index (Phi) is 5.19. The van der Waals surface area contributed by atoms with Crippen molar-refractivity contribution in [2.45, 2.75) is 51.0 Å². The quantitative estimate of drug-likeness (QED) is 0.451. The van der Waals surface area contributed by atoms with Crippen LogP contribution in [0.2, 0.25) is 0 Å². The summed E-state index contributed by atoms with van der Waals surface area (Å²) in [5.41, 5.74) is 2.10. The summed E-state index contributed by atoms with van der Waals surface area (Å²) in [5, 5.41) is 3.74. The highest BCUT2D eigenvalue weighted by atomic mass is 127. The van der Waals surface area contributed by atoms with Crippen molar-refractivity contribution in [3.8, 4) is 0 Å². The fourth-order valence-corrected chi connectivity index (χ4v) is 4.18. The maximum absolute atomic E-state index is 4.77. The normalized spacial score (nSPS) is 28.2. The van der Waals surface area contributed by atoms with Crippen LogP contribution < -0.4 is 5.32 Å². The van der Waals surface area contributed by atoms with Crippen molar-refractivity contribution in [3.05, 3.63) is 35.9 Å². The van der Waals surface area contributed by atoms with Crippen LogP contribution in [0.3, 0.4) is 0 Å². The number of aliphatic imine (C=N–C) groups is 1. The van der Waals surface area contributed by atoms with Gasteiger partial charge in [-0.15, -0.1) is 24.0 Å². The molecule has 0 radical (unpaired) electrons. The van der Waals surface area contributed by atoms with Gasteiger partial charge >= 0.3 is 0 Å². The number of rotatable bonds is 3. The van der Waals surface area contributed by atoms with Gasteiger partial charge in [-0.1, -0.05) is 36.8 Å². The largest absolute Gasteiger partial charge is 0.353 e. The summed E-state index contributed by atoms with van der Waals surface area (Å²) >= 11 is 0. The summed E-state index contributed by atoms with van der Waals surface area (Å²) in [6.45, 7) is 5.42. The van der Waals surface area contributed by atoms with E-state index < -0.39 is 0 Å². The lowest BCUT2D eigenvalue weighted by Gasteiger charge is -2.38. The molecule has 4 heteroatoms. The fraction of sp³-hybridized carbons (Fsp3) is 0.632. The van der Waals surface area contributed by atoms with Crippen molar-refractivity contribution < 1.29 is 0 Å². The SMILES string of the molecule is CCN=C(NC1CC1c1ccccc1)N1CCC2(CCC2)C1.I. The molecule has 2 saturated carbocycles. The summed E-state index contributed by atoms with van der Waals surface area (Å²) < 4.78 is 0. The zero-order chi connectivity index (χ0) is 15.0. The van der Waals surface area contributed by atoms with Gasteiger partial charge in [0.25, 0.3) is 0 Å². The molecule has 2 atom stereocenters. The molecule has 1 aromatic rings. The van der Waals surface area contributed by atoms with Crippen molar-refractivity contribution in [2.24, 2.45) is 10.4 Å². The molecule has 3 aliphatic rings. The van der Waals surface area contributed by atoms with Gasteiger partial charge in [0.1, 0.15) is 0 Å². The molecular weight excluding hydrogens is 397 g/mol. The number of likely N-dealkylation sites (tertiary alicyclic amines) is 1. The van der Waals surface area contributed by atoms with Crippen molar-refractivity contribution >= 4 is 29.9 Å². The average molecular weight is 425 g/mol. The summed E-state index contributed by atoms with van der Waals surface area (Å²) in [6.07, 6.45) is 6.90. The molecule has 2 aliphatic carbocycles. The van der Waals surface area contributed by atoms with Crippen LogP contribution in [-0.2, 0) is 0 Å². The van der Waals surface area contributed by atoms with Crippen LogP contribution >= 0.6 is 24.0 Å². The van der Waals surface area contributed by atoms with Crippen LogP contribution in [0.1, 0.15) is 50.5 Å². The van der Waals surface area contributed by atoms with Gasteiger partial charge in [0.2, 0.25) is 0 Å². The minimum Gasteiger partial charge on any atom is -0.353 e.